The van der Waals surface area contributed by atoms with Crippen molar-refractivity contribution in [2.24, 2.45) is 0 Å². The molecule has 1 aromatic heterocycles. The first-order valence-electron chi connectivity index (χ1n) is 10.4. The molecular formula is C25H27N3O3. The minimum Gasteiger partial charge on any atom is -0.497 e. The lowest BCUT2D eigenvalue weighted by Gasteiger charge is -2.25. The predicted octanol–water partition coefficient (Wildman–Crippen LogP) is 4.33. The molecule has 3 aromatic rings. The van der Waals surface area contributed by atoms with Crippen molar-refractivity contribution in [1.29, 1.82) is 0 Å². The van der Waals surface area contributed by atoms with Gasteiger partial charge in [-0.3, -0.25) is 9.48 Å². The van der Waals surface area contributed by atoms with Crippen LogP contribution in [0.15, 0.2) is 67.0 Å². The average Bonchev–Trinajstić information content (AvgIpc) is 3.47. The minimum atomic E-state index is -0.00354. The number of likely N-dealkylation sites (tertiary alicyclic amines) is 1. The van der Waals surface area contributed by atoms with Crippen molar-refractivity contribution in [3.05, 3.63) is 83.7 Å². The molecule has 2 heterocycles. The number of amides is 1. The van der Waals surface area contributed by atoms with Gasteiger partial charge in [0.15, 0.2) is 0 Å². The molecule has 1 fully saturated rings. The first kappa shape index (κ1) is 20.7. The molecular weight excluding hydrogens is 390 g/mol. The highest BCUT2D eigenvalue weighted by Crippen LogP contribution is 2.38. The summed E-state index contributed by atoms with van der Waals surface area (Å²) in [5.74, 6) is 1.48. The van der Waals surface area contributed by atoms with Crippen molar-refractivity contribution in [3.63, 3.8) is 0 Å². The summed E-state index contributed by atoms with van der Waals surface area (Å²) in [6.45, 7) is 1.43. The van der Waals surface area contributed by atoms with E-state index < -0.39 is 0 Å². The van der Waals surface area contributed by atoms with Crippen LogP contribution in [0.3, 0.4) is 0 Å². The normalized spacial score (nSPS) is 16.1. The minimum absolute atomic E-state index is 0.00110. The van der Waals surface area contributed by atoms with Crippen molar-refractivity contribution in [2.75, 3.05) is 20.8 Å². The van der Waals surface area contributed by atoms with Gasteiger partial charge in [0.25, 0.3) is 0 Å². The highest BCUT2D eigenvalue weighted by atomic mass is 16.5. The number of hydrogen-bond donors (Lipinski definition) is 0. The van der Waals surface area contributed by atoms with Gasteiger partial charge in [-0.2, -0.15) is 5.10 Å². The molecule has 6 heteroatoms. The Morgan fingerprint density at radius 3 is 2.77 bits per heavy atom. The van der Waals surface area contributed by atoms with Crippen LogP contribution in [0.5, 0.6) is 11.5 Å². The molecule has 1 aliphatic heterocycles. The van der Waals surface area contributed by atoms with Crippen molar-refractivity contribution in [1.82, 2.24) is 14.7 Å². The summed E-state index contributed by atoms with van der Waals surface area (Å²) < 4.78 is 12.7. The number of methoxy groups -OCH3 is 2. The molecule has 0 spiro atoms. The Morgan fingerprint density at radius 1 is 1.16 bits per heavy atom. The number of ether oxygens (including phenoxy) is 2. The molecule has 1 aliphatic rings. The number of nitrogens with zero attached hydrogens (tertiary/aromatic N) is 3. The van der Waals surface area contributed by atoms with E-state index in [1.54, 1.807) is 26.5 Å². The Kier molecular flexibility index (Phi) is 6.36. The van der Waals surface area contributed by atoms with Gasteiger partial charge in [-0.05, 0) is 36.6 Å². The third-order valence-corrected chi connectivity index (χ3v) is 5.59. The van der Waals surface area contributed by atoms with Crippen LogP contribution >= 0.6 is 0 Å². The second-order valence-electron chi connectivity index (χ2n) is 7.59. The Morgan fingerprint density at radius 2 is 2.00 bits per heavy atom. The van der Waals surface area contributed by atoms with Crippen LogP contribution in [-0.2, 0) is 11.3 Å². The molecule has 1 amide bonds. The fourth-order valence-electron chi connectivity index (χ4n) is 4.03. The fourth-order valence-corrected chi connectivity index (χ4v) is 4.03. The molecule has 1 atom stereocenters. The number of benzene rings is 2. The molecule has 6 nitrogen and oxygen atoms in total. The van der Waals surface area contributed by atoms with E-state index in [2.05, 4.69) is 17.2 Å². The van der Waals surface area contributed by atoms with E-state index in [1.165, 1.54) is 5.56 Å². The molecule has 2 aromatic carbocycles. The van der Waals surface area contributed by atoms with Gasteiger partial charge in [0.05, 0.1) is 33.0 Å². The van der Waals surface area contributed by atoms with Crippen molar-refractivity contribution >= 4 is 12.0 Å². The topological polar surface area (TPSA) is 56.6 Å². The molecule has 0 N–H and O–H groups in total. The lowest BCUT2D eigenvalue weighted by Crippen LogP contribution is -2.29. The first-order chi connectivity index (χ1) is 15.2. The summed E-state index contributed by atoms with van der Waals surface area (Å²) in [5, 5.41) is 4.40. The molecule has 0 bridgehead atoms. The fraction of sp³-hybridized carbons (Fsp3) is 0.280. The lowest BCUT2D eigenvalue weighted by molar-refractivity contribution is -0.126. The van der Waals surface area contributed by atoms with Crippen LogP contribution in [0.1, 0.15) is 35.6 Å². The highest BCUT2D eigenvalue weighted by Gasteiger charge is 2.31. The Bertz CT molecular complexity index is 1060. The van der Waals surface area contributed by atoms with Gasteiger partial charge >= 0.3 is 0 Å². The monoisotopic (exact) mass is 417 g/mol. The van der Waals surface area contributed by atoms with E-state index >= 15 is 0 Å². The van der Waals surface area contributed by atoms with Crippen LogP contribution < -0.4 is 9.47 Å². The number of carbonyl (C=O) groups is 1. The average molecular weight is 418 g/mol. The van der Waals surface area contributed by atoms with E-state index in [0.717, 1.165) is 42.0 Å². The van der Waals surface area contributed by atoms with Crippen LogP contribution in [0, 0.1) is 0 Å². The van der Waals surface area contributed by atoms with Gasteiger partial charge < -0.3 is 14.4 Å². The predicted molar refractivity (Wildman–Crippen MR) is 120 cm³/mol. The van der Waals surface area contributed by atoms with Gasteiger partial charge in [-0.15, -0.1) is 0 Å². The van der Waals surface area contributed by atoms with Crippen LogP contribution in [0.4, 0.5) is 0 Å². The standard InChI is InChI=1S/C25H27N3O3/c1-30-21-11-12-22(24(15-21)31-2)23-9-6-14-28(23)25(29)13-10-20-16-26-27(18-20)17-19-7-4-3-5-8-19/h3-5,7-8,10-13,15-16,18,23H,6,9,14,17H2,1-2H3. The van der Waals surface area contributed by atoms with E-state index in [-0.39, 0.29) is 11.9 Å². The number of aromatic nitrogens is 2. The van der Waals surface area contributed by atoms with Crippen LogP contribution in [-0.4, -0.2) is 41.4 Å². The number of hydrogen-bond acceptors (Lipinski definition) is 4. The maximum atomic E-state index is 13.0. The highest BCUT2D eigenvalue weighted by molar-refractivity contribution is 5.92. The molecule has 4 rings (SSSR count). The van der Waals surface area contributed by atoms with E-state index in [1.807, 2.05) is 58.3 Å². The van der Waals surface area contributed by atoms with E-state index in [9.17, 15) is 4.79 Å². The molecule has 0 aliphatic carbocycles. The zero-order chi connectivity index (χ0) is 21.6. The number of carbonyl (C=O) groups excluding carboxylic acids is 1. The Balaban J connectivity index is 1.45. The van der Waals surface area contributed by atoms with Crippen LogP contribution in [0.2, 0.25) is 0 Å². The second kappa shape index (κ2) is 9.51. The van der Waals surface area contributed by atoms with Gasteiger partial charge in [0.1, 0.15) is 11.5 Å². The largest absolute Gasteiger partial charge is 0.497 e. The summed E-state index contributed by atoms with van der Waals surface area (Å²) in [7, 11) is 3.28. The SMILES string of the molecule is COc1ccc(C2CCCN2C(=O)C=Cc2cnn(Cc3ccccc3)c2)c(OC)c1. The smallest absolute Gasteiger partial charge is 0.247 e. The third kappa shape index (κ3) is 4.79. The molecule has 0 saturated carbocycles. The zero-order valence-corrected chi connectivity index (χ0v) is 17.9. The lowest BCUT2D eigenvalue weighted by atomic mass is 10.0. The van der Waals surface area contributed by atoms with Crippen molar-refractivity contribution in [3.8, 4) is 11.5 Å². The van der Waals surface area contributed by atoms with Gasteiger partial charge in [-0.25, -0.2) is 0 Å². The summed E-state index contributed by atoms with van der Waals surface area (Å²) in [6.07, 6.45) is 9.08. The quantitative estimate of drug-likeness (QED) is 0.537. The van der Waals surface area contributed by atoms with Crippen LogP contribution in [0.25, 0.3) is 6.08 Å². The summed E-state index contributed by atoms with van der Waals surface area (Å²) in [6, 6.07) is 15.9. The van der Waals surface area contributed by atoms with E-state index in [4.69, 9.17) is 9.47 Å². The van der Waals surface area contributed by atoms with Gasteiger partial charge in [0.2, 0.25) is 5.91 Å². The molecule has 1 unspecified atom stereocenters. The Hall–Kier alpha value is -3.54. The second-order valence-corrected chi connectivity index (χ2v) is 7.59. The Labute approximate surface area is 182 Å². The summed E-state index contributed by atoms with van der Waals surface area (Å²) >= 11 is 0. The van der Waals surface area contributed by atoms with Crippen molar-refractivity contribution in [2.45, 2.75) is 25.4 Å². The molecule has 1 saturated heterocycles. The zero-order valence-electron chi connectivity index (χ0n) is 17.9. The summed E-state index contributed by atoms with van der Waals surface area (Å²) in [4.78, 5) is 14.9. The third-order valence-electron chi connectivity index (χ3n) is 5.59. The molecule has 31 heavy (non-hydrogen) atoms. The van der Waals surface area contributed by atoms with Crippen molar-refractivity contribution < 1.29 is 14.3 Å². The summed E-state index contributed by atoms with van der Waals surface area (Å²) in [5.41, 5.74) is 3.10. The molecule has 0 radical (unpaired) electrons. The van der Waals surface area contributed by atoms with E-state index in [0.29, 0.717) is 6.54 Å². The maximum absolute atomic E-state index is 13.0. The van der Waals surface area contributed by atoms with Gasteiger partial charge in [-0.1, -0.05) is 30.3 Å². The maximum Gasteiger partial charge on any atom is 0.247 e. The van der Waals surface area contributed by atoms with Gasteiger partial charge in [0, 0.05) is 36.0 Å². The first-order valence-corrected chi connectivity index (χ1v) is 10.4. The molecule has 160 valence electrons. The number of rotatable bonds is 7.